The predicted molar refractivity (Wildman–Crippen MR) is 329 cm³/mol. The SMILES string of the molecule is Cc1ccc(N(c2cc(-c3c(C)cccc3C)cc(-c3c(C)cccc3C)c2)c2ccc3ccc4c(N(c5ccc(C)cc5)c5cc(-c6c(C)cccc6C)cc(-c6c(C)cccc6C)c5)ccc5ccc2c3c54)cc1. The van der Waals surface area contributed by atoms with Crippen LogP contribution in [0.2, 0.25) is 0 Å². The van der Waals surface area contributed by atoms with E-state index >= 15 is 0 Å². The van der Waals surface area contributed by atoms with Crippen molar-refractivity contribution in [1.29, 1.82) is 0 Å². The van der Waals surface area contributed by atoms with Crippen LogP contribution in [0.4, 0.5) is 34.1 Å². The molecule has 0 fully saturated rings. The third-order valence-electron chi connectivity index (χ3n) is 16.1. The van der Waals surface area contributed by atoms with E-state index in [1.807, 2.05) is 0 Å². The van der Waals surface area contributed by atoms with Gasteiger partial charge in [0, 0.05) is 33.5 Å². The van der Waals surface area contributed by atoms with Crippen LogP contribution in [0, 0.1) is 69.2 Å². The van der Waals surface area contributed by atoms with Crippen LogP contribution in [0.25, 0.3) is 76.8 Å². The molecular weight excluding hydrogens is 917 g/mol. The Morgan fingerprint density at radius 2 is 0.500 bits per heavy atom. The fourth-order valence-corrected chi connectivity index (χ4v) is 12.5. The summed E-state index contributed by atoms with van der Waals surface area (Å²) < 4.78 is 0. The number of rotatable bonds is 10. The van der Waals surface area contributed by atoms with Gasteiger partial charge >= 0.3 is 0 Å². The molecule has 0 aliphatic rings. The summed E-state index contributed by atoms with van der Waals surface area (Å²) in [5.41, 5.74) is 29.3. The zero-order valence-corrected chi connectivity index (χ0v) is 45.5. The van der Waals surface area contributed by atoms with Crippen molar-refractivity contribution in [2.45, 2.75) is 69.2 Å². The molecule has 0 bridgehead atoms. The monoisotopic (exact) mass is 981 g/mol. The minimum atomic E-state index is 1.11. The summed E-state index contributed by atoms with van der Waals surface area (Å²) in [4.78, 5) is 5.01. The first-order valence-corrected chi connectivity index (χ1v) is 26.8. The highest BCUT2D eigenvalue weighted by atomic mass is 15.2. The smallest absolute Gasteiger partial charge is 0.0540 e. The van der Waals surface area contributed by atoms with E-state index in [0.717, 1.165) is 34.1 Å². The maximum Gasteiger partial charge on any atom is 0.0540 e. The van der Waals surface area contributed by atoms with Gasteiger partial charge < -0.3 is 9.80 Å². The van der Waals surface area contributed by atoms with Crippen molar-refractivity contribution < 1.29 is 0 Å². The Morgan fingerprint density at radius 3 is 0.776 bits per heavy atom. The minimum absolute atomic E-state index is 1.11. The summed E-state index contributed by atoms with van der Waals surface area (Å²) in [6.45, 7) is 22.3. The number of aryl methyl sites for hydroxylation is 10. The molecule has 0 saturated carbocycles. The molecule has 0 aliphatic heterocycles. The van der Waals surface area contributed by atoms with Crippen molar-refractivity contribution in [2.24, 2.45) is 0 Å². The van der Waals surface area contributed by atoms with Crippen molar-refractivity contribution in [3.63, 3.8) is 0 Å². The Bertz CT molecular complexity index is 3720. The van der Waals surface area contributed by atoms with Crippen LogP contribution in [0.5, 0.6) is 0 Å². The maximum absolute atomic E-state index is 2.51. The first-order chi connectivity index (χ1) is 36.8. The second-order valence-electron chi connectivity index (χ2n) is 21.5. The van der Waals surface area contributed by atoms with E-state index in [-0.39, 0.29) is 0 Å². The zero-order valence-electron chi connectivity index (χ0n) is 45.5. The van der Waals surface area contributed by atoms with Gasteiger partial charge in [0.15, 0.2) is 0 Å². The van der Waals surface area contributed by atoms with E-state index in [1.54, 1.807) is 0 Å². The molecule has 12 aromatic rings. The van der Waals surface area contributed by atoms with Crippen LogP contribution >= 0.6 is 0 Å². The van der Waals surface area contributed by atoms with E-state index in [9.17, 15) is 0 Å². The number of hydrogen-bond acceptors (Lipinski definition) is 2. The summed E-state index contributed by atoms with van der Waals surface area (Å²) in [5.74, 6) is 0. The number of benzene rings is 12. The largest absolute Gasteiger partial charge is 0.310 e. The quantitative estimate of drug-likeness (QED) is 0.126. The van der Waals surface area contributed by atoms with Gasteiger partial charge in [-0.2, -0.15) is 0 Å². The molecule has 0 N–H and O–H groups in total. The average molecular weight is 981 g/mol. The van der Waals surface area contributed by atoms with Crippen molar-refractivity contribution in [3.05, 3.63) is 262 Å². The van der Waals surface area contributed by atoms with Gasteiger partial charge in [0.25, 0.3) is 0 Å². The van der Waals surface area contributed by atoms with Crippen LogP contribution in [0.15, 0.2) is 206 Å². The lowest BCUT2D eigenvalue weighted by molar-refractivity contribution is 1.28. The predicted octanol–water partition coefficient (Wildman–Crippen LogP) is 21.3. The van der Waals surface area contributed by atoms with Crippen molar-refractivity contribution >= 4 is 66.4 Å². The van der Waals surface area contributed by atoms with Crippen LogP contribution in [-0.4, -0.2) is 0 Å². The lowest BCUT2D eigenvalue weighted by Gasteiger charge is -2.30. The van der Waals surface area contributed by atoms with Gasteiger partial charge in [-0.25, -0.2) is 0 Å². The molecule has 0 aliphatic carbocycles. The highest BCUT2D eigenvalue weighted by Gasteiger charge is 2.25. The molecule has 0 unspecified atom stereocenters. The molecule has 12 rings (SSSR count). The highest BCUT2D eigenvalue weighted by molar-refractivity contribution is 6.28. The molecule has 0 radical (unpaired) electrons. The highest BCUT2D eigenvalue weighted by Crippen LogP contribution is 2.50. The number of nitrogens with zero attached hydrogens (tertiary/aromatic N) is 2. The molecule has 2 nitrogen and oxygen atoms in total. The fourth-order valence-electron chi connectivity index (χ4n) is 12.5. The molecular formula is C74H64N2. The minimum Gasteiger partial charge on any atom is -0.310 e. The Morgan fingerprint density at radius 1 is 0.237 bits per heavy atom. The summed E-state index contributed by atoms with van der Waals surface area (Å²) in [6, 6.07) is 78.0. The van der Waals surface area contributed by atoms with E-state index in [4.69, 9.17) is 0 Å². The molecule has 0 spiro atoms. The first-order valence-electron chi connectivity index (χ1n) is 26.8. The van der Waals surface area contributed by atoms with E-state index < -0.39 is 0 Å². The third-order valence-corrected chi connectivity index (χ3v) is 16.1. The molecule has 0 heterocycles. The molecule has 0 saturated heterocycles. The second-order valence-corrected chi connectivity index (χ2v) is 21.5. The number of hydrogen-bond donors (Lipinski definition) is 0. The summed E-state index contributed by atoms with van der Waals surface area (Å²) in [5, 5.41) is 7.36. The summed E-state index contributed by atoms with van der Waals surface area (Å²) in [6.07, 6.45) is 0. The molecule has 370 valence electrons. The van der Waals surface area contributed by atoms with Gasteiger partial charge in [-0.1, -0.05) is 145 Å². The molecule has 0 atom stereocenters. The lowest BCUT2D eigenvalue weighted by Crippen LogP contribution is -2.12. The van der Waals surface area contributed by atoms with Gasteiger partial charge in [0.1, 0.15) is 0 Å². The normalized spacial score (nSPS) is 11.6. The molecule has 76 heavy (non-hydrogen) atoms. The van der Waals surface area contributed by atoms with Crippen molar-refractivity contribution in [3.8, 4) is 44.5 Å². The average Bonchev–Trinajstić information content (AvgIpc) is 3.53. The summed E-state index contributed by atoms with van der Waals surface area (Å²) >= 11 is 0. The zero-order chi connectivity index (χ0) is 52.5. The van der Waals surface area contributed by atoms with E-state index in [2.05, 4.69) is 285 Å². The molecule has 0 amide bonds. The third kappa shape index (κ3) is 8.39. The van der Waals surface area contributed by atoms with Crippen LogP contribution in [0.1, 0.15) is 55.6 Å². The maximum atomic E-state index is 2.51. The van der Waals surface area contributed by atoms with Gasteiger partial charge in [0.2, 0.25) is 0 Å². The first kappa shape index (κ1) is 48.2. The van der Waals surface area contributed by atoms with Gasteiger partial charge in [-0.3, -0.25) is 0 Å². The Labute approximate surface area is 449 Å². The van der Waals surface area contributed by atoms with Gasteiger partial charge in [-0.15, -0.1) is 0 Å². The molecule has 12 aromatic carbocycles. The Balaban J connectivity index is 1.13. The number of anilines is 6. The van der Waals surface area contributed by atoms with Crippen molar-refractivity contribution in [1.82, 2.24) is 0 Å². The standard InChI is InChI=1S/C74H64N2/c1-45-23-31-61(32-24-45)75(63-41-57(69-47(3)15-11-16-48(69)4)39-58(42-63)70-49(5)17-12-18-50(70)6)67-37-29-55-28-36-66-68(38-30-56-27-35-65(67)73(55)74(56)66)76(62-33-25-46(2)26-34-62)64-43-59(71-51(7)19-13-20-52(71)8)40-60(44-64)72-53(9)21-14-22-54(72)10/h11-44H,1-10H3. The van der Waals surface area contributed by atoms with Gasteiger partial charge in [-0.05, 0) is 253 Å². The molecule has 2 heteroatoms. The topological polar surface area (TPSA) is 6.48 Å². The Kier molecular flexibility index (Phi) is 12.2. The summed E-state index contributed by atoms with van der Waals surface area (Å²) in [7, 11) is 0. The lowest BCUT2D eigenvalue weighted by atomic mass is 9.89. The van der Waals surface area contributed by atoms with Crippen LogP contribution < -0.4 is 9.80 Å². The second kappa shape index (κ2) is 19.2. The van der Waals surface area contributed by atoms with Gasteiger partial charge in [0.05, 0.1) is 11.4 Å². The Hall–Kier alpha value is -8.72. The van der Waals surface area contributed by atoms with Crippen molar-refractivity contribution in [2.75, 3.05) is 9.80 Å². The van der Waals surface area contributed by atoms with E-state index in [0.29, 0.717) is 0 Å². The van der Waals surface area contributed by atoms with E-state index in [1.165, 1.54) is 132 Å². The van der Waals surface area contributed by atoms with Crippen LogP contribution in [0.3, 0.4) is 0 Å². The molecule has 0 aromatic heterocycles. The fraction of sp³-hybridized carbons (Fsp3) is 0.135. The van der Waals surface area contributed by atoms with Crippen LogP contribution in [-0.2, 0) is 0 Å².